The van der Waals surface area contributed by atoms with Crippen LogP contribution in [0.3, 0.4) is 0 Å². The lowest BCUT2D eigenvalue weighted by molar-refractivity contribution is 0.280. The van der Waals surface area contributed by atoms with Crippen molar-refractivity contribution in [1.82, 2.24) is 9.78 Å². The Morgan fingerprint density at radius 1 is 1.39 bits per heavy atom. The van der Waals surface area contributed by atoms with Gasteiger partial charge < -0.3 is 9.84 Å². The van der Waals surface area contributed by atoms with Gasteiger partial charge in [-0.3, -0.25) is 0 Å². The first kappa shape index (κ1) is 11.3. The summed E-state index contributed by atoms with van der Waals surface area (Å²) in [5.41, 5.74) is 2.98. The SMILES string of the molecule is COc1ccccc1-n1ncc(CO)c1C1CC1. The molecule has 0 unspecified atom stereocenters. The van der Waals surface area contributed by atoms with Gasteiger partial charge in [-0.1, -0.05) is 12.1 Å². The Labute approximate surface area is 106 Å². The van der Waals surface area contributed by atoms with Gasteiger partial charge in [0.25, 0.3) is 0 Å². The lowest BCUT2D eigenvalue weighted by Gasteiger charge is -2.11. The number of rotatable bonds is 4. The van der Waals surface area contributed by atoms with Gasteiger partial charge in [0.1, 0.15) is 11.4 Å². The number of hydrogen-bond acceptors (Lipinski definition) is 3. The van der Waals surface area contributed by atoms with Gasteiger partial charge in [0.15, 0.2) is 0 Å². The molecule has 0 amide bonds. The predicted octanol–water partition coefficient (Wildman–Crippen LogP) is 2.25. The zero-order chi connectivity index (χ0) is 12.5. The Bertz CT molecular complexity index is 559. The fourth-order valence-electron chi connectivity index (χ4n) is 2.30. The molecule has 1 N–H and O–H groups in total. The predicted molar refractivity (Wildman–Crippen MR) is 68.0 cm³/mol. The largest absolute Gasteiger partial charge is 0.494 e. The zero-order valence-electron chi connectivity index (χ0n) is 10.3. The van der Waals surface area contributed by atoms with Crippen LogP contribution in [0.4, 0.5) is 0 Å². The zero-order valence-corrected chi connectivity index (χ0v) is 10.3. The summed E-state index contributed by atoms with van der Waals surface area (Å²) in [5.74, 6) is 1.33. The van der Waals surface area contributed by atoms with E-state index in [1.165, 1.54) is 12.8 Å². The quantitative estimate of drug-likeness (QED) is 0.897. The van der Waals surface area contributed by atoms with Crippen molar-refractivity contribution in [1.29, 1.82) is 0 Å². The summed E-state index contributed by atoms with van der Waals surface area (Å²) in [4.78, 5) is 0. The third kappa shape index (κ3) is 1.78. The summed E-state index contributed by atoms with van der Waals surface area (Å²) in [7, 11) is 1.66. The third-order valence-electron chi connectivity index (χ3n) is 3.33. The minimum Gasteiger partial charge on any atom is -0.494 e. The topological polar surface area (TPSA) is 47.3 Å². The van der Waals surface area contributed by atoms with Crippen molar-refractivity contribution in [2.45, 2.75) is 25.4 Å². The van der Waals surface area contributed by atoms with E-state index in [1.54, 1.807) is 13.3 Å². The number of hydrogen-bond donors (Lipinski definition) is 1. The Morgan fingerprint density at radius 3 is 2.83 bits per heavy atom. The van der Waals surface area contributed by atoms with Crippen LogP contribution in [0.5, 0.6) is 5.75 Å². The molecule has 3 rings (SSSR count). The van der Waals surface area contributed by atoms with Crippen molar-refractivity contribution in [3.63, 3.8) is 0 Å². The molecule has 1 aromatic carbocycles. The van der Waals surface area contributed by atoms with Crippen LogP contribution in [0, 0.1) is 0 Å². The normalized spacial score (nSPS) is 14.8. The molecule has 1 fully saturated rings. The van der Waals surface area contributed by atoms with E-state index in [4.69, 9.17) is 4.74 Å². The van der Waals surface area contributed by atoms with Crippen LogP contribution >= 0.6 is 0 Å². The van der Waals surface area contributed by atoms with E-state index in [0.29, 0.717) is 5.92 Å². The van der Waals surface area contributed by atoms with Crippen LogP contribution in [-0.4, -0.2) is 22.0 Å². The van der Waals surface area contributed by atoms with E-state index in [9.17, 15) is 5.11 Å². The first-order chi connectivity index (χ1) is 8.85. The van der Waals surface area contributed by atoms with Crippen LogP contribution in [0.1, 0.15) is 30.0 Å². The Morgan fingerprint density at radius 2 is 2.17 bits per heavy atom. The highest BCUT2D eigenvalue weighted by atomic mass is 16.5. The summed E-state index contributed by atoms with van der Waals surface area (Å²) >= 11 is 0. The van der Waals surface area contributed by atoms with Crippen molar-refractivity contribution in [2.24, 2.45) is 0 Å². The molecule has 4 nitrogen and oxygen atoms in total. The molecule has 0 spiro atoms. The number of para-hydroxylation sites is 2. The number of aliphatic hydroxyl groups excluding tert-OH is 1. The number of benzene rings is 1. The van der Waals surface area contributed by atoms with Gasteiger partial charge in [-0.05, 0) is 25.0 Å². The van der Waals surface area contributed by atoms with E-state index in [0.717, 1.165) is 22.7 Å². The molecule has 0 bridgehead atoms. The highest BCUT2D eigenvalue weighted by Gasteiger charge is 2.30. The van der Waals surface area contributed by atoms with Crippen LogP contribution < -0.4 is 4.74 Å². The van der Waals surface area contributed by atoms with Crippen LogP contribution in [0.25, 0.3) is 5.69 Å². The fourth-order valence-corrected chi connectivity index (χ4v) is 2.30. The van der Waals surface area contributed by atoms with Gasteiger partial charge >= 0.3 is 0 Å². The maximum Gasteiger partial charge on any atom is 0.144 e. The second-order valence-corrected chi connectivity index (χ2v) is 4.57. The highest BCUT2D eigenvalue weighted by Crippen LogP contribution is 2.43. The Balaban J connectivity index is 2.13. The van der Waals surface area contributed by atoms with Gasteiger partial charge in [0.2, 0.25) is 0 Å². The summed E-state index contributed by atoms with van der Waals surface area (Å²) < 4.78 is 7.28. The third-order valence-corrected chi connectivity index (χ3v) is 3.33. The smallest absolute Gasteiger partial charge is 0.144 e. The van der Waals surface area contributed by atoms with Gasteiger partial charge in [-0.25, -0.2) is 4.68 Å². The second-order valence-electron chi connectivity index (χ2n) is 4.57. The van der Waals surface area contributed by atoms with Crippen molar-refractivity contribution in [3.05, 3.63) is 41.7 Å². The minimum absolute atomic E-state index is 0.0426. The molecule has 0 atom stereocenters. The number of aliphatic hydroxyl groups is 1. The monoisotopic (exact) mass is 244 g/mol. The molecule has 4 heteroatoms. The van der Waals surface area contributed by atoms with E-state index < -0.39 is 0 Å². The molecule has 1 saturated carbocycles. The number of methoxy groups -OCH3 is 1. The molecule has 0 saturated heterocycles. The lowest BCUT2D eigenvalue weighted by Crippen LogP contribution is -2.04. The molecule has 1 aromatic heterocycles. The van der Waals surface area contributed by atoms with Gasteiger partial charge in [0, 0.05) is 11.5 Å². The standard InChI is InChI=1S/C14H16N2O2/c1-18-13-5-3-2-4-12(13)16-14(10-6-7-10)11(9-17)8-15-16/h2-5,8,10,17H,6-7,9H2,1H3. The fraction of sp³-hybridized carbons (Fsp3) is 0.357. The molecule has 1 aliphatic rings. The summed E-state index contributed by atoms with van der Waals surface area (Å²) in [6.07, 6.45) is 4.10. The molecule has 1 aliphatic carbocycles. The maximum atomic E-state index is 9.40. The number of ether oxygens (including phenoxy) is 1. The van der Waals surface area contributed by atoms with Crippen LogP contribution in [0.2, 0.25) is 0 Å². The molecule has 1 heterocycles. The summed E-state index contributed by atoms with van der Waals surface area (Å²) in [5, 5.41) is 13.8. The molecule has 2 aromatic rings. The average molecular weight is 244 g/mol. The van der Waals surface area contributed by atoms with Crippen molar-refractivity contribution >= 4 is 0 Å². The average Bonchev–Trinajstić information content (AvgIpc) is 3.17. The lowest BCUT2D eigenvalue weighted by atomic mass is 10.2. The highest BCUT2D eigenvalue weighted by molar-refractivity contribution is 5.48. The van der Waals surface area contributed by atoms with Crippen LogP contribution in [-0.2, 0) is 6.61 Å². The maximum absolute atomic E-state index is 9.40. The number of aromatic nitrogens is 2. The molecule has 18 heavy (non-hydrogen) atoms. The van der Waals surface area contributed by atoms with Gasteiger partial charge in [-0.2, -0.15) is 5.10 Å². The van der Waals surface area contributed by atoms with E-state index in [2.05, 4.69) is 5.10 Å². The van der Waals surface area contributed by atoms with E-state index >= 15 is 0 Å². The molecular weight excluding hydrogens is 228 g/mol. The van der Waals surface area contributed by atoms with E-state index in [1.807, 2.05) is 28.9 Å². The first-order valence-electron chi connectivity index (χ1n) is 6.16. The first-order valence-corrected chi connectivity index (χ1v) is 6.16. The Kier molecular flexibility index (Phi) is 2.80. The molecule has 94 valence electrons. The summed E-state index contributed by atoms with van der Waals surface area (Å²) in [6, 6.07) is 7.82. The molecular formula is C14H16N2O2. The van der Waals surface area contributed by atoms with Crippen molar-refractivity contribution in [2.75, 3.05) is 7.11 Å². The second kappa shape index (κ2) is 4.46. The van der Waals surface area contributed by atoms with Crippen molar-refractivity contribution in [3.8, 4) is 11.4 Å². The van der Waals surface area contributed by atoms with E-state index in [-0.39, 0.29) is 6.61 Å². The van der Waals surface area contributed by atoms with Crippen molar-refractivity contribution < 1.29 is 9.84 Å². The molecule has 0 aliphatic heterocycles. The van der Waals surface area contributed by atoms with Gasteiger partial charge in [-0.15, -0.1) is 0 Å². The number of nitrogens with zero attached hydrogens (tertiary/aromatic N) is 2. The molecule has 0 radical (unpaired) electrons. The minimum atomic E-state index is 0.0426. The Hall–Kier alpha value is -1.81. The van der Waals surface area contributed by atoms with Crippen LogP contribution in [0.15, 0.2) is 30.5 Å². The summed E-state index contributed by atoms with van der Waals surface area (Å²) in [6.45, 7) is 0.0426. The van der Waals surface area contributed by atoms with Gasteiger partial charge in [0.05, 0.1) is 25.6 Å².